The van der Waals surface area contributed by atoms with Crippen LogP contribution < -0.4 is 10.2 Å². The molecular weight excluding hydrogens is 444 g/mol. The van der Waals surface area contributed by atoms with Gasteiger partial charge in [-0.15, -0.1) is 0 Å². The van der Waals surface area contributed by atoms with Crippen LogP contribution in [0.15, 0.2) is 91.1 Å². The molecule has 2 heterocycles. The Labute approximate surface area is 213 Å². The van der Waals surface area contributed by atoms with Gasteiger partial charge in [0.15, 0.2) is 5.82 Å². The van der Waals surface area contributed by atoms with Gasteiger partial charge in [0.2, 0.25) is 0 Å². The van der Waals surface area contributed by atoms with Gasteiger partial charge < -0.3 is 10.2 Å². The molecular formula is C31H32N4O. The maximum absolute atomic E-state index is 13.3. The van der Waals surface area contributed by atoms with Crippen LogP contribution in [-0.4, -0.2) is 29.0 Å². The third-order valence-electron chi connectivity index (χ3n) is 6.87. The molecule has 1 aliphatic heterocycles. The summed E-state index contributed by atoms with van der Waals surface area (Å²) in [7, 11) is 0. The number of carbonyl (C=O) groups is 1. The van der Waals surface area contributed by atoms with Gasteiger partial charge in [-0.1, -0.05) is 84.4 Å². The van der Waals surface area contributed by atoms with Crippen molar-refractivity contribution in [3.63, 3.8) is 0 Å². The van der Waals surface area contributed by atoms with Gasteiger partial charge >= 0.3 is 0 Å². The number of benzene rings is 3. The number of anilines is 1. The first-order chi connectivity index (χ1) is 17.7. The highest BCUT2D eigenvalue weighted by molar-refractivity contribution is 5.98. The number of carbonyl (C=O) groups excluding carboxylic acids is 1. The molecule has 1 N–H and O–H groups in total. The summed E-state index contributed by atoms with van der Waals surface area (Å²) >= 11 is 0. The van der Waals surface area contributed by atoms with E-state index in [0.29, 0.717) is 23.9 Å². The maximum atomic E-state index is 13.3. The van der Waals surface area contributed by atoms with Crippen molar-refractivity contribution in [2.24, 2.45) is 5.92 Å². The summed E-state index contributed by atoms with van der Waals surface area (Å²) in [6.45, 7) is 4.28. The highest BCUT2D eigenvalue weighted by Crippen LogP contribution is 2.29. The van der Waals surface area contributed by atoms with Crippen molar-refractivity contribution in [3.8, 4) is 11.4 Å². The van der Waals surface area contributed by atoms with Gasteiger partial charge in [-0.3, -0.25) is 4.79 Å². The highest BCUT2D eigenvalue weighted by Gasteiger charge is 2.25. The molecule has 5 nitrogen and oxygen atoms in total. The first-order valence-electron chi connectivity index (χ1n) is 12.7. The molecule has 1 fully saturated rings. The molecule has 0 bridgehead atoms. The molecule has 0 radical (unpaired) electrons. The third kappa shape index (κ3) is 5.80. The second-order valence-electron chi connectivity index (χ2n) is 9.59. The van der Waals surface area contributed by atoms with Crippen LogP contribution in [0.2, 0.25) is 0 Å². The highest BCUT2D eigenvalue weighted by atomic mass is 16.1. The van der Waals surface area contributed by atoms with Crippen molar-refractivity contribution in [2.45, 2.75) is 32.7 Å². The van der Waals surface area contributed by atoms with Gasteiger partial charge in [0.05, 0.1) is 0 Å². The van der Waals surface area contributed by atoms with E-state index in [4.69, 9.17) is 4.98 Å². The van der Waals surface area contributed by atoms with E-state index in [1.807, 2.05) is 42.5 Å². The molecule has 5 rings (SSSR count). The first-order valence-corrected chi connectivity index (χ1v) is 12.7. The van der Waals surface area contributed by atoms with Crippen LogP contribution in [-0.2, 0) is 13.0 Å². The number of amides is 1. The number of rotatable bonds is 7. The molecule has 1 aromatic heterocycles. The van der Waals surface area contributed by atoms with E-state index in [1.165, 1.54) is 5.56 Å². The van der Waals surface area contributed by atoms with Crippen LogP contribution in [0.3, 0.4) is 0 Å². The summed E-state index contributed by atoms with van der Waals surface area (Å²) in [5.41, 5.74) is 5.10. The predicted octanol–water partition coefficient (Wildman–Crippen LogP) is 5.84. The lowest BCUT2D eigenvalue weighted by atomic mass is 9.90. The lowest BCUT2D eigenvalue weighted by Crippen LogP contribution is -2.37. The van der Waals surface area contributed by atoms with Gasteiger partial charge in [-0.05, 0) is 49.3 Å². The zero-order valence-corrected chi connectivity index (χ0v) is 20.7. The van der Waals surface area contributed by atoms with Gasteiger partial charge in [0.25, 0.3) is 5.91 Å². The zero-order valence-electron chi connectivity index (χ0n) is 20.7. The topological polar surface area (TPSA) is 58.1 Å². The Morgan fingerprint density at radius 3 is 2.31 bits per heavy atom. The number of aromatic nitrogens is 2. The smallest absolute Gasteiger partial charge is 0.256 e. The molecule has 0 saturated carbocycles. The average Bonchev–Trinajstić information content (AvgIpc) is 2.93. The van der Waals surface area contributed by atoms with Crippen molar-refractivity contribution in [1.29, 1.82) is 0 Å². The lowest BCUT2D eigenvalue weighted by Gasteiger charge is -2.34. The van der Waals surface area contributed by atoms with E-state index in [-0.39, 0.29) is 5.91 Å². The van der Waals surface area contributed by atoms with Crippen molar-refractivity contribution < 1.29 is 4.79 Å². The van der Waals surface area contributed by atoms with E-state index in [1.54, 1.807) is 6.20 Å². The summed E-state index contributed by atoms with van der Waals surface area (Å²) in [5, 5.41) is 3.06. The largest absolute Gasteiger partial charge is 0.356 e. The SMILES string of the molecule is Cc1cccc(-c2ncc(C(=O)NCc3ccccc3)c(N3CCC(Cc4ccccc4)CC3)n2)c1. The lowest BCUT2D eigenvalue weighted by molar-refractivity contribution is 0.0950. The van der Waals surface area contributed by atoms with Crippen LogP contribution in [0.25, 0.3) is 11.4 Å². The fourth-order valence-electron chi connectivity index (χ4n) is 4.87. The normalized spacial score (nSPS) is 14.0. The van der Waals surface area contributed by atoms with E-state index in [2.05, 4.69) is 64.6 Å². The van der Waals surface area contributed by atoms with Gasteiger partial charge in [0, 0.05) is 31.4 Å². The van der Waals surface area contributed by atoms with Crippen LogP contribution in [0, 0.1) is 12.8 Å². The average molecular weight is 477 g/mol. The molecule has 4 aromatic rings. The number of hydrogen-bond acceptors (Lipinski definition) is 4. The van der Waals surface area contributed by atoms with Crippen LogP contribution >= 0.6 is 0 Å². The summed E-state index contributed by atoms with van der Waals surface area (Å²) in [6, 6.07) is 28.8. The predicted molar refractivity (Wildman–Crippen MR) is 145 cm³/mol. The molecule has 1 aliphatic rings. The molecule has 1 saturated heterocycles. The minimum atomic E-state index is -0.143. The molecule has 182 valence electrons. The van der Waals surface area contributed by atoms with Crippen molar-refractivity contribution in [1.82, 2.24) is 15.3 Å². The molecule has 0 spiro atoms. The Hall–Kier alpha value is -3.99. The summed E-state index contributed by atoms with van der Waals surface area (Å²) in [6.07, 6.45) is 4.93. The molecule has 0 unspecified atom stereocenters. The molecule has 0 aliphatic carbocycles. The number of hydrogen-bond donors (Lipinski definition) is 1. The summed E-state index contributed by atoms with van der Waals surface area (Å²) in [5.74, 6) is 1.87. The van der Waals surface area contributed by atoms with Gasteiger partial charge in [0.1, 0.15) is 11.4 Å². The van der Waals surface area contributed by atoms with Crippen molar-refractivity contribution >= 4 is 11.7 Å². The van der Waals surface area contributed by atoms with Crippen LogP contribution in [0.4, 0.5) is 5.82 Å². The molecule has 3 aromatic carbocycles. The number of aryl methyl sites for hydroxylation is 1. The Bertz CT molecular complexity index is 1300. The minimum Gasteiger partial charge on any atom is -0.356 e. The Balaban J connectivity index is 1.37. The number of nitrogens with zero attached hydrogens (tertiary/aromatic N) is 3. The van der Waals surface area contributed by atoms with Crippen LogP contribution in [0.5, 0.6) is 0 Å². The van der Waals surface area contributed by atoms with E-state index >= 15 is 0 Å². The van der Waals surface area contributed by atoms with Crippen molar-refractivity contribution in [2.75, 3.05) is 18.0 Å². The molecule has 36 heavy (non-hydrogen) atoms. The number of piperidine rings is 1. The second-order valence-corrected chi connectivity index (χ2v) is 9.59. The maximum Gasteiger partial charge on any atom is 0.256 e. The second kappa shape index (κ2) is 11.2. The minimum absolute atomic E-state index is 0.143. The zero-order chi connectivity index (χ0) is 24.7. The fourth-order valence-corrected chi connectivity index (χ4v) is 4.87. The molecule has 0 atom stereocenters. The Morgan fingerprint density at radius 1 is 0.917 bits per heavy atom. The third-order valence-corrected chi connectivity index (χ3v) is 6.87. The summed E-state index contributed by atoms with van der Waals surface area (Å²) < 4.78 is 0. The Morgan fingerprint density at radius 2 is 1.61 bits per heavy atom. The van der Waals surface area contributed by atoms with Gasteiger partial charge in [-0.2, -0.15) is 0 Å². The molecule has 5 heteroatoms. The van der Waals surface area contributed by atoms with Crippen molar-refractivity contribution in [3.05, 3.63) is 113 Å². The Kier molecular flexibility index (Phi) is 7.36. The van der Waals surface area contributed by atoms with E-state index in [0.717, 1.165) is 54.9 Å². The van der Waals surface area contributed by atoms with E-state index < -0.39 is 0 Å². The molecule has 1 amide bonds. The standard InChI is InChI=1S/C31H32N4O/c1-23-9-8-14-27(19-23)29-32-22-28(31(36)33-21-26-12-6-3-7-13-26)30(34-29)35-17-15-25(16-18-35)20-24-10-4-2-5-11-24/h2-14,19,22,25H,15-18,20-21H2,1H3,(H,33,36). The first kappa shape index (κ1) is 23.7. The van der Waals surface area contributed by atoms with E-state index in [9.17, 15) is 4.79 Å². The quantitative estimate of drug-likeness (QED) is 0.364. The van der Waals surface area contributed by atoms with Gasteiger partial charge in [-0.25, -0.2) is 9.97 Å². The fraction of sp³-hybridized carbons (Fsp3) is 0.258. The summed E-state index contributed by atoms with van der Waals surface area (Å²) in [4.78, 5) is 25.1. The number of nitrogens with one attached hydrogen (secondary N) is 1. The van der Waals surface area contributed by atoms with Crippen LogP contribution in [0.1, 0.15) is 39.9 Å². The monoisotopic (exact) mass is 476 g/mol.